The monoisotopic (exact) mass is 310 g/mol. The van der Waals surface area contributed by atoms with Crippen molar-refractivity contribution in [2.75, 3.05) is 6.54 Å². The molecular weight excluding hydrogens is 284 g/mol. The lowest BCUT2D eigenvalue weighted by Gasteiger charge is -2.35. The Morgan fingerprint density at radius 3 is 2.76 bits per heavy atom. The molecule has 118 valence electrons. The molecule has 2 rings (SSSR count). The van der Waals surface area contributed by atoms with Crippen LogP contribution >= 0.6 is 0 Å². The van der Waals surface area contributed by atoms with Gasteiger partial charge in [-0.2, -0.15) is 4.31 Å². The summed E-state index contributed by atoms with van der Waals surface area (Å²) in [5.41, 5.74) is 7.32. The van der Waals surface area contributed by atoms with Crippen molar-refractivity contribution in [3.8, 4) is 0 Å². The number of benzene rings is 1. The zero-order chi connectivity index (χ0) is 15.5. The molecule has 21 heavy (non-hydrogen) atoms. The van der Waals surface area contributed by atoms with Gasteiger partial charge in [0.15, 0.2) is 0 Å². The second kappa shape index (κ2) is 6.90. The normalized spacial score (nSPS) is 20.6. The molecule has 5 heteroatoms. The quantitative estimate of drug-likeness (QED) is 0.909. The average Bonchev–Trinajstić information content (AvgIpc) is 2.48. The Kier molecular flexibility index (Phi) is 5.41. The molecule has 1 unspecified atom stereocenters. The van der Waals surface area contributed by atoms with Gasteiger partial charge in [-0.3, -0.25) is 0 Å². The predicted octanol–water partition coefficient (Wildman–Crippen LogP) is 2.80. The molecule has 0 saturated carbocycles. The summed E-state index contributed by atoms with van der Waals surface area (Å²) in [5, 5.41) is 0. The average molecular weight is 310 g/mol. The zero-order valence-corrected chi connectivity index (χ0v) is 13.8. The van der Waals surface area contributed by atoms with Crippen LogP contribution in [0.1, 0.15) is 50.2 Å². The third-order valence-electron chi connectivity index (χ3n) is 4.27. The number of nitrogens with zero attached hydrogens (tertiary/aromatic N) is 1. The number of piperidine rings is 1. The minimum Gasteiger partial charge on any atom is -0.326 e. The van der Waals surface area contributed by atoms with Crippen LogP contribution in [0.3, 0.4) is 0 Å². The first-order valence-electron chi connectivity index (χ1n) is 7.82. The van der Waals surface area contributed by atoms with Crippen molar-refractivity contribution in [1.29, 1.82) is 0 Å². The van der Waals surface area contributed by atoms with Crippen molar-refractivity contribution < 1.29 is 8.42 Å². The van der Waals surface area contributed by atoms with Crippen LogP contribution in [0.2, 0.25) is 0 Å². The number of hydrogen-bond acceptors (Lipinski definition) is 3. The largest absolute Gasteiger partial charge is 0.326 e. The third-order valence-corrected chi connectivity index (χ3v) is 6.36. The summed E-state index contributed by atoms with van der Waals surface area (Å²) in [6.45, 7) is 4.96. The van der Waals surface area contributed by atoms with Crippen molar-refractivity contribution >= 4 is 10.0 Å². The molecular formula is C16H26N2O2S. The Bertz CT molecular complexity index is 582. The van der Waals surface area contributed by atoms with Crippen LogP contribution in [0, 0.1) is 6.92 Å². The summed E-state index contributed by atoms with van der Waals surface area (Å²) in [5.74, 6) is 0. The van der Waals surface area contributed by atoms with Crippen LogP contribution in [0.5, 0.6) is 0 Å². The molecule has 1 aliphatic heterocycles. The smallest absolute Gasteiger partial charge is 0.243 e. The SMILES string of the molecule is CCCC1CCCCN1S(=O)(=O)c1cc(CN)ccc1C. The van der Waals surface area contributed by atoms with E-state index in [9.17, 15) is 8.42 Å². The van der Waals surface area contributed by atoms with Gasteiger partial charge in [-0.15, -0.1) is 0 Å². The standard InChI is InChI=1S/C16H26N2O2S/c1-3-6-15-7-4-5-10-18(15)21(19,20)16-11-14(12-17)9-8-13(16)2/h8-9,11,15H,3-7,10,12,17H2,1-2H3. The summed E-state index contributed by atoms with van der Waals surface area (Å²) >= 11 is 0. The topological polar surface area (TPSA) is 63.4 Å². The highest BCUT2D eigenvalue weighted by Crippen LogP contribution is 2.29. The van der Waals surface area contributed by atoms with E-state index in [1.165, 1.54) is 0 Å². The second-order valence-electron chi connectivity index (χ2n) is 5.86. The first kappa shape index (κ1) is 16.5. The van der Waals surface area contributed by atoms with Crippen LogP contribution in [0.25, 0.3) is 0 Å². The van der Waals surface area contributed by atoms with E-state index >= 15 is 0 Å². The molecule has 0 aromatic heterocycles. The van der Waals surface area contributed by atoms with E-state index in [4.69, 9.17) is 5.73 Å². The lowest BCUT2D eigenvalue weighted by atomic mass is 10.0. The maximum Gasteiger partial charge on any atom is 0.243 e. The molecule has 1 aromatic rings. The Morgan fingerprint density at radius 2 is 2.10 bits per heavy atom. The summed E-state index contributed by atoms with van der Waals surface area (Å²) in [6, 6.07) is 5.64. The molecule has 1 heterocycles. The summed E-state index contributed by atoms with van der Waals surface area (Å²) < 4.78 is 27.8. The van der Waals surface area contributed by atoms with Gasteiger partial charge in [0, 0.05) is 19.1 Å². The lowest BCUT2D eigenvalue weighted by Crippen LogP contribution is -2.43. The van der Waals surface area contributed by atoms with Gasteiger partial charge in [-0.1, -0.05) is 31.9 Å². The first-order valence-corrected chi connectivity index (χ1v) is 9.26. The highest BCUT2D eigenvalue weighted by molar-refractivity contribution is 7.89. The molecule has 0 amide bonds. The second-order valence-corrected chi connectivity index (χ2v) is 7.72. The molecule has 1 fully saturated rings. The Morgan fingerprint density at radius 1 is 1.33 bits per heavy atom. The van der Waals surface area contributed by atoms with Gasteiger partial charge in [0.05, 0.1) is 4.90 Å². The van der Waals surface area contributed by atoms with E-state index in [0.717, 1.165) is 43.2 Å². The Hall–Kier alpha value is -0.910. The van der Waals surface area contributed by atoms with Crippen molar-refractivity contribution in [2.24, 2.45) is 5.73 Å². The highest BCUT2D eigenvalue weighted by Gasteiger charge is 2.33. The molecule has 0 spiro atoms. The summed E-state index contributed by atoms with van der Waals surface area (Å²) in [4.78, 5) is 0.424. The van der Waals surface area contributed by atoms with E-state index in [0.29, 0.717) is 18.0 Å². The number of nitrogens with two attached hydrogens (primary N) is 1. The zero-order valence-electron chi connectivity index (χ0n) is 13.0. The van der Waals surface area contributed by atoms with Crippen LogP contribution in [-0.4, -0.2) is 25.3 Å². The molecule has 1 atom stereocenters. The molecule has 4 nitrogen and oxygen atoms in total. The van der Waals surface area contributed by atoms with Gasteiger partial charge in [0.1, 0.15) is 0 Å². The minimum absolute atomic E-state index is 0.148. The van der Waals surface area contributed by atoms with E-state index in [-0.39, 0.29) is 6.04 Å². The van der Waals surface area contributed by atoms with Crippen molar-refractivity contribution in [2.45, 2.75) is 63.4 Å². The lowest BCUT2D eigenvalue weighted by molar-refractivity contribution is 0.239. The number of rotatable bonds is 5. The van der Waals surface area contributed by atoms with Crippen molar-refractivity contribution in [3.63, 3.8) is 0 Å². The van der Waals surface area contributed by atoms with Gasteiger partial charge in [0.2, 0.25) is 10.0 Å². The summed E-state index contributed by atoms with van der Waals surface area (Å²) in [6.07, 6.45) is 5.00. The fourth-order valence-corrected chi connectivity index (χ4v) is 5.09. The van der Waals surface area contributed by atoms with Crippen molar-refractivity contribution in [1.82, 2.24) is 4.31 Å². The highest BCUT2D eigenvalue weighted by atomic mass is 32.2. The van der Waals surface area contributed by atoms with E-state index in [2.05, 4.69) is 6.92 Å². The Labute approximate surface area is 128 Å². The van der Waals surface area contributed by atoms with Gasteiger partial charge in [-0.25, -0.2) is 8.42 Å². The van der Waals surface area contributed by atoms with Gasteiger partial charge in [0.25, 0.3) is 0 Å². The molecule has 1 aliphatic rings. The number of aryl methyl sites for hydroxylation is 1. The van der Waals surface area contributed by atoms with Gasteiger partial charge >= 0.3 is 0 Å². The van der Waals surface area contributed by atoms with Crippen LogP contribution in [0.15, 0.2) is 23.1 Å². The van der Waals surface area contributed by atoms with Crippen LogP contribution < -0.4 is 5.73 Å². The first-order chi connectivity index (χ1) is 10.0. The van der Waals surface area contributed by atoms with E-state index in [1.807, 2.05) is 19.1 Å². The van der Waals surface area contributed by atoms with E-state index < -0.39 is 10.0 Å². The minimum atomic E-state index is -3.42. The molecule has 1 saturated heterocycles. The predicted molar refractivity (Wildman–Crippen MR) is 85.5 cm³/mol. The molecule has 1 aromatic carbocycles. The Balaban J connectivity index is 2.40. The number of hydrogen-bond donors (Lipinski definition) is 1. The third kappa shape index (κ3) is 3.47. The maximum absolute atomic E-state index is 13.0. The van der Waals surface area contributed by atoms with Crippen molar-refractivity contribution in [3.05, 3.63) is 29.3 Å². The fraction of sp³-hybridized carbons (Fsp3) is 0.625. The van der Waals surface area contributed by atoms with Crippen LogP contribution in [0.4, 0.5) is 0 Å². The van der Waals surface area contributed by atoms with Gasteiger partial charge in [-0.05, 0) is 43.4 Å². The molecule has 0 aliphatic carbocycles. The fourth-order valence-electron chi connectivity index (χ4n) is 3.09. The summed E-state index contributed by atoms with van der Waals surface area (Å²) in [7, 11) is -3.42. The van der Waals surface area contributed by atoms with Gasteiger partial charge < -0.3 is 5.73 Å². The number of sulfonamides is 1. The van der Waals surface area contributed by atoms with Crippen LogP contribution in [-0.2, 0) is 16.6 Å². The molecule has 2 N–H and O–H groups in total. The molecule has 0 radical (unpaired) electrons. The maximum atomic E-state index is 13.0. The van der Waals surface area contributed by atoms with E-state index in [1.54, 1.807) is 10.4 Å². The molecule has 0 bridgehead atoms.